The van der Waals surface area contributed by atoms with Crippen molar-refractivity contribution < 1.29 is 4.74 Å². The van der Waals surface area contributed by atoms with Gasteiger partial charge in [-0.2, -0.15) is 0 Å². The molecule has 0 aliphatic heterocycles. The molecule has 3 aromatic carbocycles. The van der Waals surface area contributed by atoms with E-state index in [9.17, 15) is 0 Å². The number of aliphatic imine (C=N–C) groups is 1. The van der Waals surface area contributed by atoms with E-state index < -0.39 is 0 Å². The summed E-state index contributed by atoms with van der Waals surface area (Å²) in [6, 6.07) is 26.6. The van der Waals surface area contributed by atoms with Crippen LogP contribution in [0.1, 0.15) is 5.56 Å². The van der Waals surface area contributed by atoms with Crippen molar-refractivity contribution >= 4 is 23.3 Å². The molecule has 0 spiro atoms. The molecular formula is C22H22N2OS. The molecule has 0 aromatic heterocycles. The van der Waals surface area contributed by atoms with Crippen molar-refractivity contribution in [3.8, 4) is 5.75 Å². The first-order chi connectivity index (χ1) is 12.7. The SMILES string of the molecule is COc1ccc(N=C(c2ccccc2Sc2ccccc2)N(C)C)cc1. The summed E-state index contributed by atoms with van der Waals surface area (Å²) in [5.41, 5.74) is 2.01. The van der Waals surface area contributed by atoms with Crippen LogP contribution < -0.4 is 4.74 Å². The number of benzene rings is 3. The Bertz CT molecular complexity index is 874. The van der Waals surface area contributed by atoms with Crippen LogP contribution in [0, 0.1) is 0 Å². The average molecular weight is 362 g/mol. The van der Waals surface area contributed by atoms with E-state index in [1.165, 1.54) is 9.79 Å². The number of methoxy groups -OCH3 is 1. The third kappa shape index (κ3) is 4.46. The maximum Gasteiger partial charge on any atom is 0.137 e. The van der Waals surface area contributed by atoms with Gasteiger partial charge >= 0.3 is 0 Å². The molecule has 0 heterocycles. The third-order valence-electron chi connectivity index (χ3n) is 3.83. The molecule has 0 atom stereocenters. The molecule has 0 saturated carbocycles. The van der Waals surface area contributed by atoms with Crippen LogP contribution in [0.5, 0.6) is 5.75 Å². The van der Waals surface area contributed by atoms with E-state index in [1.807, 2.05) is 44.4 Å². The topological polar surface area (TPSA) is 24.8 Å². The summed E-state index contributed by atoms with van der Waals surface area (Å²) in [5.74, 6) is 1.75. The summed E-state index contributed by atoms with van der Waals surface area (Å²) < 4.78 is 5.23. The summed E-state index contributed by atoms with van der Waals surface area (Å²) in [5, 5.41) is 0. The van der Waals surface area contributed by atoms with E-state index in [0.717, 1.165) is 22.8 Å². The van der Waals surface area contributed by atoms with Gasteiger partial charge in [0, 0.05) is 29.4 Å². The number of rotatable bonds is 5. The second-order valence-electron chi connectivity index (χ2n) is 5.94. The van der Waals surface area contributed by atoms with Crippen molar-refractivity contribution in [2.75, 3.05) is 21.2 Å². The Kier molecular flexibility index (Phi) is 5.97. The zero-order valence-corrected chi connectivity index (χ0v) is 16.0. The molecule has 0 amide bonds. The molecule has 26 heavy (non-hydrogen) atoms. The van der Waals surface area contributed by atoms with Gasteiger partial charge in [0.2, 0.25) is 0 Å². The molecule has 132 valence electrons. The fourth-order valence-electron chi connectivity index (χ4n) is 2.54. The summed E-state index contributed by atoms with van der Waals surface area (Å²) in [4.78, 5) is 9.32. The highest BCUT2D eigenvalue weighted by Crippen LogP contribution is 2.31. The number of amidine groups is 1. The molecule has 0 unspecified atom stereocenters. The van der Waals surface area contributed by atoms with E-state index in [0.29, 0.717) is 0 Å². The molecular weight excluding hydrogens is 340 g/mol. The minimum Gasteiger partial charge on any atom is -0.497 e. The number of nitrogens with zero attached hydrogens (tertiary/aromatic N) is 2. The van der Waals surface area contributed by atoms with Gasteiger partial charge in [0.15, 0.2) is 0 Å². The largest absolute Gasteiger partial charge is 0.497 e. The molecule has 0 aliphatic carbocycles. The summed E-state index contributed by atoms with van der Waals surface area (Å²) >= 11 is 1.75. The molecule has 0 bridgehead atoms. The second-order valence-corrected chi connectivity index (χ2v) is 7.05. The van der Waals surface area contributed by atoms with Gasteiger partial charge in [0.1, 0.15) is 11.6 Å². The number of hydrogen-bond donors (Lipinski definition) is 0. The predicted molar refractivity (Wildman–Crippen MR) is 110 cm³/mol. The second kappa shape index (κ2) is 8.59. The standard InChI is InChI=1S/C22H22N2OS/c1-24(2)22(23-17-13-15-18(25-3)16-14-17)20-11-7-8-12-21(20)26-19-9-5-4-6-10-19/h4-16H,1-3H3. The first-order valence-corrected chi connectivity index (χ1v) is 9.21. The van der Waals surface area contributed by atoms with Gasteiger partial charge in [0.05, 0.1) is 12.8 Å². The Morgan fingerprint density at radius 1 is 0.846 bits per heavy atom. The maximum atomic E-state index is 5.23. The lowest BCUT2D eigenvalue weighted by atomic mass is 10.2. The average Bonchev–Trinajstić information content (AvgIpc) is 2.68. The smallest absolute Gasteiger partial charge is 0.137 e. The summed E-state index contributed by atoms with van der Waals surface area (Å²) in [7, 11) is 5.71. The van der Waals surface area contributed by atoms with Crippen LogP contribution in [0.2, 0.25) is 0 Å². The van der Waals surface area contributed by atoms with Crippen molar-refractivity contribution in [1.82, 2.24) is 4.90 Å². The van der Waals surface area contributed by atoms with E-state index in [4.69, 9.17) is 9.73 Å². The Balaban J connectivity index is 1.99. The molecule has 0 N–H and O–H groups in total. The van der Waals surface area contributed by atoms with E-state index in [-0.39, 0.29) is 0 Å². The molecule has 0 aliphatic rings. The summed E-state index contributed by atoms with van der Waals surface area (Å²) in [6.07, 6.45) is 0. The van der Waals surface area contributed by atoms with Gasteiger partial charge in [0.25, 0.3) is 0 Å². The van der Waals surface area contributed by atoms with Crippen molar-refractivity contribution in [3.05, 3.63) is 84.4 Å². The van der Waals surface area contributed by atoms with E-state index in [2.05, 4.69) is 53.4 Å². The van der Waals surface area contributed by atoms with Gasteiger partial charge in [-0.25, -0.2) is 4.99 Å². The lowest BCUT2D eigenvalue weighted by Crippen LogP contribution is -2.23. The summed E-state index contributed by atoms with van der Waals surface area (Å²) in [6.45, 7) is 0. The van der Waals surface area contributed by atoms with Crippen LogP contribution in [0.25, 0.3) is 0 Å². The molecule has 0 radical (unpaired) electrons. The molecule has 0 fully saturated rings. The van der Waals surface area contributed by atoms with E-state index in [1.54, 1.807) is 18.9 Å². The van der Waals surface area contributed by atoms with Crippen LogP contribution in [-0.4, -0.2) is 31.9 Å². The highest BCUT2D eigenvalue weighted by Gasteiger charge is 2.12. The molecule has 4 heteroatoms. The van der Waals surface area contributed by atoms with Gasteiger partial charge in [-0.3, -0.25) is 0 Å². The first-order valence-electron chi connectivity index (χ1n) is 8.40. The minimum atomic E-state index is 0.829. The van der Waals surface area contributed by atoms with Crippen molar-refractivity contribution in [3.63, 3.8) is 0 Å². The Morgan fingerprint density at radius 3 is 2.15 bits per heavy atom. The normalized spacial score (nSPS) is 11.3. The van der Waals surface area contributed by atoms with Crippen molar-refractivity contribution in [1.29, 1.82) is 0 Å². The Hall–Kier alpha value is -2.72. The van der Waals surface area contributed by atoms with Crippen LogP contribution in [0.3, 0.4) is 0 Å². The minimum absolute atomic E-state index is 0.829. The highest BCUT2D eigenvalue weighted by molar-refractivity contribution is 7.99. The zero-order valence-electron chi connectivity index (χ0n) is 15.2. The van der Waals surface area contributed by atoms with Gasteiger partial charge in [-0.15, -0.1) is 0 Å². The van der Waals surface area contributed by atoms with Crippen LogP contribution in [0.4, 0.5) is 5.69 Å². The lowest BCUT2D eigenvalue weighted by molar-refractivity contribution is 0.415. The molecule has 3 aromatic rings. The van der Waals surface area contributed by atoms with Crippen LogP contribution in [-0.2, 0) is 0 Å². The van der Waals surface area contributed by atoms with Gasteiger partial charge in [-0.1, -0.05) is 48.2 Å². The fraction of sp³-hybridized carbons (Fsp3) is 0.136. The molecule has 3 rings (SSSR count). The third-order valence-corrected chi connectivity index (χ3v) is 4.91. The first kappa shape index (κ1) is 18.1. The predicted octanol–water partition coefficient (Wildman–Crippen LogP) is 5.49. The Morgan fingerprint density at radius 2 is 1.50 bits per heavy atom. The van der Waals surface area contributed by atoms with Crippen molar-refractivity contribution in [2.45, 2.75) is 9.79 Å². The maximum absolute atomic E-state index is 5.23. The van der Waals surface area contributed by atoms with Crippen molar-refractivity contribution in [2.24, 2.45) is 4.99 Å². The number of ether oxygens (including phenoxy) is 1. The van der Waals surface area contributed by atoms with Crippen LogP contribution >= 0.6 is 11.8 Å². The van der Waals surface area contributed by atoms with Gasteiger partial charge < -0.3 is 9.64 Å². The number of hydrogen-bond acceptors (Lipinski definition) is 3. The monoisotopic (exact) mass is 362 g/mol. The molecule has 0 saturated heterocycles. The van der Waals surface area contributed by atoms with Crippen LogP contribution in [0.15, 0.2) is 93.6 Å². The van der Waals surface area contributed by atoms with E-state index >= 15 is 0 Å². The lowest BCUT2D eigenvalue weighted by Gasteiger charge is -2.19. The highest BCUT2D eigenvalue weighted by atomic mass is 32.2. The van der Waals surface area contributed by atoms with Gasteiger partial charge in [-0.05, 0) is 42.5 Å². The zero-order chi connectivity index (χ0) is 18.4. The molecule has 3 nitrogen and oxygen atoms in total. The quantitative estimate of drug-likeness (QED) is 0.443. The fourth-order valence-corrected chi connectivity index (χ4v) is 3.50. The Labute approximate surface area is 159 Å².